The van der Waals surface area contributed by atoms with Gasteiger partial charge in [-0.05, 0) is 32.0 Å². The Balaban J connectivity index is 2.79. The van der Waals surface area contributed by atoms with Crippen molar-refractivity contribution in [2.75, 3.05) is 20.8 Å². The zero-order valence-electron chi connectivity index (χ0n) is 11.9. The van der Waals surface area contributed by atoms with Crippen LogP contribution < -0.4 is 20.5 Å². The second-order valence-electron chi connectivity index (χ2n) is 4.95. The summed E-state index contributed by atoms with van der Waals surface area (Å²) in [6.45, 7) is 4.30. The van der Waals surface area contributed by atoms with Crippen molar-refractivity contribution in [3.8, 4) is 11.5 Å². The van der Waals surface area contributed by atoms with Crippen molar-refractivity contribution in [3.63, 3.8) is 0 Å². The molecule has 5 heteroatoms. The molecular formula is C14H22N2O3. The maximum absolute atomic E-state index is 12.0. The van der Waals surface area contributed by atoms with E-state index in [0.29, 0.717) is 18.8 Å². The van der Waals surface area contributed by atoms with Crippen molar-refractivity contribution < 1.29 is 14.3 Å². The van der Waals surface area contributed by atoms with Gasteiger partial charge in [0.25, 0.3) is 0 Å². The summed E-state index contributed by atoms with van der Waals surface area (Å²) in [7, 11) is 3.19. The molecule has 0 spiro atoms. The Bertz CT molecular complexity index is 444. The van der Waals surface area contributed by atoms with Crippen LogP contribution in [0.5, 0.6) is 11.5 Å². The number of benzene rings is 1. The summed E-state index contributed by atoms with van der Waals surface area (Å²) in [5, 5.41) is 2.86. The molecule has 0 bridgehead atoms. The molecule has 0 atom stereocenters. The molecule has 1 amide bonds. The van der Waals surface area contributed by atoms with E-state index in [0.717, 1.165) is 11.3 Å². The molecule has 1 aromatic carbocycles. The molecule has 1 rings (SSSR count). The van der Waals surface area contributed by atoms with Crippen LogP contribution in [-0.2, 0) is 11.3 Å². The molecule has 0 saturated heterocycles. The van der Waals surface area contributed by atoms with Crippen molar-refractivity contribution in [2.24, 2.45) is 11.1 Å². The molecule has 19 heavy (non-hydrogen) atoms. The Kier molecular flexibility index (Phi) is 5.18. The first-order valence-electron chi connectivity index (χ1n) is 6.14. The number of amides is 1. The Morgan fingerprint density at radius 2 is 2.00 bits per heavy atom. The van der Waals surface area contributed by atoms with Gasteiger partial charge < -0.3 is 20.5 Å². The van der Waals surface area contributed by atoms with Crippen molar-refractivity contribution >= 4 is 5.91 Å². The predicted molar refractivity (Wildman–Crippen MR) is 74.2 cm³/mol. The lowest BCUT2D eigenvalue weighted by Crippen LogP contribution is -2.41. The number of hydrogen-bond donors (Lipinski definition) is 2. The maximum Gasteiger partial charge on any atom is 0.227 e. The Hall–Kier alpha value is -1.75. The Labute approximate surface area is 114 Å². The standard InChI is InChI=1S/C14H22N2O3/c1-14(2,9-15)13(17)16-8-10-7-11(18-3)5-6-12(10)19-4/h5-7H,8-9,15H2,1-4H3,(H,16,17). The van der Waals surface area contributed by atoms with Gasteiger partial charge in [-0.25, -0.2) is 0 Å². The minimum absolute atomic E-state index is 0.0835. The quantitative estimate of drug-likeness (QED) is 0.814. The van der Waals surface area contributed by atoms with Gasteiger partial charge >= 0.3 is 0 Å². The summed E-state index contributed by atoms with van der Waals surface area (Å²) in [4.78, 5) is 12.0. The molecule has 0 heterocycles. The third-order valence-corrected chi connectivity index (χ3v) is 3.05. The molecule has 5 nitrogen and oxygen atoms in total. The third kappa shape index (κ3) is 3.86. The molecule has 0 fully saturated rings. The number of nitrogens with two attached hydrogens (primary N) is 1. The minimum atomic E-state index is -0.577. The molecule has 0 aliphatic carbocycles. The molecule has 106 valence electrons. The number of rotatable bonds is 6. The molecule has 0 aliphatic heterocycles. The zero-order valence-corrected chi connectivity index (χ0v) is 11.9. The van der Waals surface area contributed by atoms with Crippen LogP contribution in [0, 0.1) is 5.41 Å². The number of ether oxygens (including phenoxy) is 2. The summed E-state index contributed by atoms with van der Waals surface area (Å²) >= 11 is 0. The average molecular weight is 266 g/mol. The van der Waals surface area contributed by atoms with Crippen molar-refractivity contribution in [2.45, 2.75) is 20.4 Å². The average Bonchev–Trinajstić information content (AvgIpc) is 2.44. The van der Waals surface area contributed by atoms with Gasteiger partial charge in [-0.15, -0.1) is 0 Å². The fourth-order valence-electron chi connectivity index (χ4n) is 1.53. The van der Waals surface area contributed by atoms with Crippen LogP contribution >= 0.6 is 0 Å². The summed E-state index contributed by atoms with van der Waals surface area (Å²) in [5.41, 5.74) is 5.86. The molecule has 1 aromatic rings. The maximum atomic E-state index is 12.0. The van der Waals surface area contributed by atoms with E-state index in [-0.39, 0.29) is 5.91 Å². The van der Waals surface area contributed by atoms with Crippen LogP contribution in [0.25, 0.3) is 0 Å². The fraction of sp³-hybridized carbons (Fsp3) is 0.500. The van der Waals surface area contributed by atoms with Gasteiger partial charge in [-0.2, -0.15) is 0 Å². The van der Waals surface area contributed by atoms with E-state index in [1.807, 2.05) is 32.0 Å². The monoisotopic (exact) mass is 266 g/mol. The van der Waals surface area contributed by atoms with Crippen LogP contribution in [0.2, 0.25) is 0 Å². The molecule has 0 radical (unpaired) electrons. The van der Waals surface area contributed by atoms with E-state index < -0.39 is 5.41 Å². The third-order valence-electron chi connectivity index (χ3n) is 3.05. The first-order chi connectivity index (χ1) is 8.94. The van der Waals surface area contributed by atoms with E-state index in [2.05, 4.69) is 5.32 Å². The van der Waals surface area contributed by atoms with Gasteiger partial charge in [-0.1, -0.05) is 0 Å². The zero-order chi connectivity index (χ0) is 14.5. The topological polar surface area (TPSA) is 73.6 Å². The van der Waals surface area contributed by atoms with Gasteiger partial charge in [0.1, 0.15) is 11.5 Å². The lowest BCUT2D eigenvalue weighted by atomic mass is 9.92. The molecule has 0 saturated carbocycles. The number of carbonyl (C=O) groups excluding carboxylic acids is 1. The lowest BCUT2D eigenvalue weighted by molar-refractivity contribution is -0.129. The van der Waals surface area contributed by atoms with Crippen LogP contribution in [0.1, 0.15) is 19.4 Å². The van der Waals surface area contributed by atoms with Crippen LogP contribution in [0.4, 0.5) is 0 Å². The van der Waals surface area contributed by atoms with E-state index >= 15 is 0 Å². The largest absolute Gasteiger partial charge is 0.497 e. The van der Waals surface area contributed by atoms with E-state index in [4.69, 9.17) is 15.2 Å². The van der Waals surface area contributed by atoms with Gasteiger partial charge in [0.2, 0.25) is 5.91 Å². The van der Waals surface area contributed by atoms with Gasteiger partial charge in [0.05, 0.1) is 19.6 Å². The molecular weight excluding hydrogens is 244 g/mol. The molecule has 0 unspecified atom stereocenters. The minimum Gasteiger partial charge on any atom is -0.497 e. The van der Waals surface area contributed by atoms with Gasteiger partial charge in [-0.3, -0.25) is 4.79 Å². The van der Waals surface area contributed by atoms with Crippen molar-refractivity contribution in [1.82, 2.24) is 5.32 Å². The number of hydrogen-bond acceptors (Lipinski definition) is 4. The van der Waals surface area contributed by atoms with Crippen LogP contribution in [0.15, 0.2) is 18.2 Å². The predicted octanol–water partition coefficient (Wildman–Crippen LogP) is 1.30. The van der Waals surface area contributed by atoms with Crippen LogP contribution in [-0.4, -0.2) is 26.7 Å². The summed E-state index contributed by atoms with van der Waals surface area (Å²) < 4.78 is 10.4. The van der Waals surface area contributed by atoms with Gasteiger partial charge in [0.15, 0.2) is 0 Å². The highest BCUT2D eigenvalue weighted by molar-refractivity contribution is 5.82. The van der Waals surface area contributed by atoms with Crippen LogP contribution in [0.3, 0.4) is 0 Å². The van der Waals surface area contributed by atoms with E-state index in [1.54, 1.807) is 14.2 Å². The van der Waals surface area contributed by atoms with Crippen molar-refractivity contribution in [3.05, 3.63) is 23.8 Å². The number of methoxy groups -OCH3 is 2. The van der Waals surface area contributed by atoms with Gasteiger partial charge in [0, 0.05) is 18.7 Å². The second-order valence-corrected chi connectivity index (χ2v) is 4.95. The smallest absolute Gasteiger partial charge is 0.227 e. The molecule has 0 aromatic heterocycles. The van der Waals surface area contributed by atoms with E-state index in [1.165, 1.54) is 0 Å². The lowest BCUT2D eigenvalue weighted by Gasteiger charge is -2.21. The highest BCUT2D eigenvalue weighted by Crippen LogP contribution is 2.24. The summed E-state index contributed by atoms with van der Waals surface area (Å²) in [6.07, 6.45) is 0. The summed E-state index contributed by atoms with van der Waals surface area (Å²) in [5.74, 6) is 1.36. The highest BCUT2D eigenvalue weighted by Gasteiger charge is 2.25. The SMILES string of the molecule is COc1ccc(OC)c(CNC(=O)C(C)(C)CN)c1. The summed E-state index contributed by atoms with van der Waals surface area (Å²) in [6, 6.07) is 5.47. The Morgan fingerprint density at radius 1 is 1.32 bits per heavy atom. The first-order valence-corrected chi connectivity index (χ1v) is 6.14. The van der Waals surface area contributed by atoms with E-state index in [9.17, 15) is 4.79 Å². The normalized spacial score (nSPS) is 11.0. The first kappa shape index (κ1) is 15.3. The Morgan fingerprint density at radius 3 is 2.53 bits per heavy atom. The molecule has 0 aliphatic rings. The highest BCUT2D eigenvalue weighted by atomic mass is 16.5. The molecule has 3 N–H and O–H groups in total. The number of nitrogens with one attached hydrogen (secondary N) is 1. The van der Waals surface area contributed by atoms with Crippen molar-refractivity contribution in [1.29, 1.82) is 0 Å². The second kappa shape index (κ2) is 6.43. The fourth-order valence-corrected chi connectivity index (χ4v) is 1.53. The number of carbonyl (C=O) groups is 1.